The zero-order valence-corrected chi connectivity index (χ0v) is 12.0. The van der Waals surface area contributed by atoms with Crippen molar-refractivity contribution in [3.05, 3.63) is 42.0 Å². The number of rotatable bonds is 6. The minimum Gasteiger partial charge on any atom is -0.383 e. The van der Waals surface area contributed by atoms with E-state index in [1.807, 2.05) is 18.2 Å². The summed E-state index contributed by atoms with van der Waals surface area (Å²) >= 11 is 0. The van der Waals surface area contributed by atoms with Crippen molar-refractivity contribution in [2.24, 2.45) is 0 Å². The Labute approximate surface area is 119 Å². The molecule has 2 rings (SSSR count). The Morgan fingerprint density at radius 2 is 1.80 bits per heavy atom. The van der Waals surface area contributed by atoms with Crippen molar-refractivity contribution in [3.63, 3.8) is 0 Å². The van der Waals surface area contributed by atoms with Crippen LogP contribution < -0.4 is 16.0 Å². The molecule has 0 amide bonds. The second-order valence-electron chi connectivity index (χ2n) is 4.49. The van der Waals surface area contributed by atoms with Gasteiger partial charge >= 0.3 is 0 Å². The minimum absolute atomic E-state index is 0.484. The standard InChI is InChI=1S/C15H21N5/c1-3-20(4-2)14-10-13(16)18-15(19-14)17-11-12-8-6-5-7-9-12/h5-10H,3-4,11H2,1-2H3,(H3,16,17,18,19). The maximum absolute atomic E-state index is 5.86. The highest BCUT2D eigenvalue weighted by Gasteiger charge is 2.07. The molecule has 0 aliphatic carbocycles. The second kappa shape index (κ2) is 6.75. The van der Waals surface area contributed by atoms with E-state index in [1.165, 1.54) is 5.56 Å². The first-order valence-corrected chi connectivity index (χ1v) is 6.90. The summed E-state index contributed by atoms with van der Waals surface area (Å²) in [6.07, 6.45) is 0. The van der Waals surface area contributed by atoms with E-state index in [2.05, 4.69) is 46.2 Å². The van der Waals surface area contributed by atoms with Crippen molar-refractivity contribution >= 4 is 17.6 Å². The fourth-order valence-corrected chi connectivity index (χ4v) is 2.02. The molecule has 1 aromatic carbocycles. The van der Waals surface area contributed by atoms with Gasteiger partial charge in [0.25, 0.3) is 0 Å². The molecular weight excluding hydrogens is 250 g/mol. The number of benzene rings is 1. The normalized spacial score (nSPS) is 10.3. The van der Waals surface area contributed by atoms with E-state index >= 15 is 0 Å². The molecule has 0 aliphatic rings. The summed E-state index contributed by atoms with van der Waals surface area (Å²) < 4.78 is 0. The van der Waals surface area contributed by atoms with Gasteiger partial charge in [-0.05, 0) is 19.4 Å². The van der Waals surface area contributed by atoms with Crippen LogP contribution in [0.3, 0.4) is 0 Å². The molecule has 3 N–H and O–H groups in total. The van der Waals surface area contributed by atoms with Crippen LogP contribution in [0.25, 0.3) is 0 Å². The first-order chi connectivity index (χ1) is 9.72. The van der Waals surface area contributed by atoms with E-state index in [0.29, 0.717) is 18.3 Å². The van der Waals surface area contributed by atoms with Gasteiger partial charge in [0, 0.05) is 25.7 Å². The third kappa shape index (κ3) is 3.60. The Kier molecular flexibility index (Phi) is 4.76. The van der Waals surface area contributed by atoms with Gasteiger partial charge < -0.3 is 16.0 Å². The van der Waals surface area contributed by atoms with Gasteiger partial charge in [0.15, 0.2) is 0 Å². The molecule has 5 heteroatoms. The molecule has 106 valence electrons. The molecule has 20 heavy (non-hydrogen) atoms. The summed E-state index contributed by atoms with van der Waals surface area (Å²) in [4.78, 5) is 10.9. The minimum atomic E-state index is 0.484. The van der Waals surface area contributed by atoms with Crippen LogP contribution in [0.1, 0.15) is 19.4 Å². The maximum Gasteiger partial charge on any atom is 0.226 e. The number of anilines is 3. The molecule has 1 aromatic heterocycles. The van der Waals surface area contributed by atoms with Gasteiger partial charge in [-0.15, -0.1) is 0 Å². The van der Waals surface area contributed by atoms with Crippen LogP contribution in [0.2, 0.25) is 0 Å². The van der Waals surface area contributed by atoms with E-state index in [1.54, 1.807) is 6.07 Å². The van der Waals surface area contributed by atoms with Gasteiger partial charge in [-0.3, -0.25) is 0 Å². The Hall–Kier alpha value is -2.30. The van der Waals surface area contributed by atoms with Crippen LogP contribution in [0.4, 0.5) is 17.6 Å². The number of nitrogens with one attached hydrogen (secondary N) is 1. The van der Waals surface area contributed by atoms with Crippen LogP contribution in [0.5, 0.6) is 0 Å². The van der Waals surface area contributed by atoms with Crippen molar-refractivity contribution in [2.45, 2.75) is 20.4 Å². The van der Waals surface area contributed by atoms with E-state index in [-0.39, 0.29) is 0 Å². The topological polar surface area (TPSA) is 67.1 Å². The summed E-state index contributed by atoms with van der Waals surface area (Å²) in [6, 6.07) is 12.0. The van der Waals surface area contributed by atoms with Crippen molar-refractivity contribution < 1.29 is 0 Å². The van der Waals surface area contributed by atoms with Gasteiger partial charge in [-0.25, -0.2) is 0 Å². The third-order valence-electron chi connectivity index (χ3n) is 3.11. The predicted octanol–water partition coefficient (Wildman–Crippen LogP) is 2.52. The Balaban J connectivity index is 2.12. The van der Waals surface area contributed by atoms with Crippen molar-refractivity contribution in [1.82, 2.24) is 9.97 Å². The number of nitrogens with two attached hydrogens (primary N) is 1. The molecule has 0 aliphatic heterocycles. The van der Waals surface area contributed by atoms with E-state index in [9.17, 15) is 0 Å². The Morgan fingerprint density at radius 3 is 2.45 bits per heavy atom. The van der Waals surface area contributed by atoms with Gasteiger partial charge in [0.1, 0.15) is 11.6 Å². The third-order valence-corrected chi connectivity index (χ3v) is 3.11. The molecule has 0 fully saturated rings. The number of hydrogen-bond donors (Lipinski definition) is 2. The molecule has 0 saturated heterocycles. The largest absolute Gasteiger partial charge is 0.383 e. The lowest BCUT2D eigenvalue weighted by Crippen LogP contribution is -2.23. The molecule has 0 radical (unpaired) electrons. The molecule has 0 saturated carbocycles. The Morgan fingerprint density at radius 1 is 1.10 bits per heavy atom. The van der Waals surface area contributed by atoms with Crippen LogP contribution in [0.15, 0.2) is 36.4 Å². The van der Waals surface area contributed by atoms with Crippen LogP contribution in [-0.4, -0.2) is 23.1 Å². The monoisotopic (exact) mass is 271 g/mol. The molecule has 2 aromatic rings. The van der Waals surface area contributed by atoms with Crippen molar-refractivity contribution in [2.75, 3.05) is 29.0 Å². The molecule has 0 spiro atoms. The van der Waals surface area contributed by atoms with Gasteiger partial charge in [0.05, 0.1) is 0 Å². The van der Waals surface area contributed by atoms with Gasteiger partial charge in [0.2, 0.25) is 5.95 Å². The lowest BCUT2D eigenvalue weighted by Gasteiger charge is -2.20. The van der Waals surface area contributed by atoms with Crippen LogP contribution in [-0.2, 0) is 6.54 Å². The first-order valence-electron chi connectivity index (χ1n) is 6.90. The van der Waals surface area contributed by atoms with Crippen LogP contribution in [0, 0.1) is 0 Å². The average molecular weight is 271 g/mol. The van der Waals surface area contributed by atoms with Gasteiger partial charge in [-0.2, -0.15) is 9.97 Å². The predicted molar refractivity (Wildman–Crippen MR) is 83.8 cm³/mol. The summed E-state index contributed by atoms with van der Waals surface area (Å²) in [6.45, 7) is 6.66. The van der Waals surface area contributed by atoms with Crippen molar-refractivity contribution in [3.8, 4) is 0 Å². The quantitative estimate of drug-likeness (QED) is 0.845. The molecule has 0 atom stereocenters. The molecule has 0 bridgehead atoms. The zero-order valence-electron chi connectivity index (χ0n) is 12.0. The number of aromatic nitrogens is 2. The fourth-order valence-electron chi connectivity index (χ4n) is 2.02. The smallest absolute Gasteiger partial charge is 0.226 e. The molecule has 1 heterocycles. The Bertz CT molecular complexity index is 537. The summed E-state index contributed by atoms with van der Waals surface area (Å²) in [7, 11) is 0. The molecular formula is C15H21N5. The first kappa shape index (κ1) is 14.1. The highest BCUT2D eigenvalue weighted by atomic mass is 15.2. The van der Waals surface area contributed by atoms with Gasteiger partial charge in [-0.1, -0.05) is 30.3 Å². The summed E-state index contributed by atoms with van der Waals surface area (Å²) in [5.74, 6) is 1.91. The number of nitrogen functional groups attached to an aromatic ring is 1. The lowest BCUT2D eigenvalue weighted by molar-refractivity contribution is 0.842. The zero-order chi connectivity index (χ0) is 14.4. The molecule has 5 nitrogen and oxygen atoms in total. The SMILES string of the molecule is CCN(CC)c1cc(N)nc(NCc2ccccc2)n1. The second-order valence-corrected chi connectivity index (χ2v) is 4.49. The highest BCUT2D eigenvalue weighted by Crippen LogP contribution is 2.16. The van der Waals surface area contributed by atoms with Crippen molar-refractivity contribution in [1.29, 1.82) is 0 Å². The lowest BCUT2D eigenvalue weighted by atomic mass is 10.2. The summed E-state index contributed by atoms with van der Waals surface area (Å²) in [5.41, 5.74) is 7.04. The number of hydrogen-bond acceptors (Lipinski definition) is 5. The molecule has 0 unspecified atom stereocenters. The van der Waals surface area contributed by atoms with E-state index < -0.39 is 0 Å². The van der Waals surface area contributed by atoms with Crippen LogP contribution >= 0.6 is 0 Å². The maximum atomic E-state index is 5.86. The highest BCUT2D eigenvalue weighted by molar-refractivity contribution is 5.51. The number of nitrogens with zero attached hydrogens (tertiary/aromatic N) is 3. The fraction of sp³-hybridized carbons (Fsp3) is 0.333. The van der Waals surface area contributed by atoms with E-state index in [4.69, 9.17) is 5.73 Å². The summed E-state index contributed by atoms with van der Waals surface area (Å²) in [5, 5.41) is 3.22. The average Bonchev–Trinajstić information content (AvgIpc) is 2.47. The van der Waals surface area contributed by atoms with E-state index in [0.717, 1.165) is 18.9 Å².